The number of hydrogen-bond donors (Lipinski definition) is 2. The maximum Gasteiger partial charge on any atom is 0.227 e. The molecule has 1 amide bonds. The lowest BCUT2D eigenvalue weighted by Gasteiger charge is -2.13. The van der Waals surface area contributed by atoms with E-state index in [2.05, 4.69) is 24.1 Å². The fraction of sp³-hybridized carbons (Fsp3) is 0.438. The molecule has 0 aliphatic rings. The average Bonchev–Trinajstić information content (AvgIpc) is 2.38. The van der Waals surface area contributed by atoms with Crippen molar-refractivity contribution in [2.24, 2.45) is 5.92 Å². The van der Waals surface area contributed by atoms with Gasteiger partial charge in [0.2, 0.25) is 5.91 Å². The monoisotopic (exact) mass is 259 g/mol. The quantitative estimate of drug-likeness (QED) is 0.817. The zero-order valence-electron chi connectivity index (χ0n) is 11.8. The van der Waals surface area contributed by atoms with Crippen molar-refractivity contribution >= 4 is 11.6 Å². The van der Waals surface area contributed by atoms with Gasteiger partial charge in [-0.2, -0.15) is 0 Å². The van der Waals surface area contributed by atoms with Crippen LogP contribution in [0.3, 0.4) is 0 Å². The lowest BCUT2D eigenvalue weighted by molar-refractivity contribution is -0.119. The molecule has 19 heavy (non-hydrogen) atoms. The second-order valence-corrected chi connectivity index (χ2v) is 4.69. The third kappa shape index (κ3) is 4.76. The molecule has 0 saturated carbocycles. The molecule has 0 saturated heterocycles. The molecule has 0 radical (unpaired) electrons. The van der Waals surface area contributed by atoms with Crippen molar-refractivity contribution in [3.8, 4) is 11.8 Å². The van der Waals surface area contributed by atoms with Gasteiger partial charge in [-0.1, -0.05) is 38.2 Å². The lowest BCUT2D eigenvalue weighted by Crippen LogP contribution is -2.20. The minimum atomic E-state index is -0.187. The summed E-state index contributed by atoms with van der Waals surface area (Å²) in [5, 5.41) is 11.7. The number of aliphatic hydroxyl groups excluding tert-OH is 1. The summed E-state index contributed by atoms with van der Waals surface area (Å²) in [5.41, 5.74) is 2.51. The SMILES string of the molecule is CCCC(C)C(=O)Nc1cc(C)ccc1C#CCO. The van der Waals surface area contributed by atoms with Gasteiger partial charge in [0.05, 0.1) is 5.69 Å². The van der Waals surface area contributed by atoms with Crippen LogP contribution in [0.1, 0.15) is 37.8 Å². The molecule has 0 aliphatic carbocycles. The molecule has 0 fully saturated rings. The van der Waals surface area contributed by atoms with Gasteiger partial charge in [-0.3, -0.25) is 4.79 Å². The predicted molar refractivity (Wildman–Crippen MR) is 77.8 cm³/mol. The molecule has 0 aliphatic heterocycles. The number of hydrogen-bond acceptors (Lipinski definition) is 2. The number of nitrogens with one attached hydrogen (secondary N) is 1. The highest BCUT2D eigenvalue weighted by atomic mass is 16.2. The Morgan fingerprint density at radius 3 is 2.84 bits per heavy atom. The Kier molecular flexibility index (Phi) is 6.11. The van der Waals surface area contributed by atoms with Gasteiger partial charge in [-0.25, -0.2) is 0 Å². The molecule has 2 N–H and O–H groups in total. The number of carbonyl (C=O) groups excluding carboxylic acids is 1. The van der Waals surface area contributed by atoms with Crippen LogP contribution in [0.15, 0.2) is 18.2 Å². The van der Waals surface area contributed by atoms with Crippen LogP contribution < -0.4 is 5.32 Å². The second kappa shape index (κ2) is 7.60. The molecule has 102 valence electrons. The maximum absolute atomic E-state index is 12.0. The Hall–Kier alpha value is -1.79. The van der Waals surface area contributed by atoms with Gasteiger partial charge in [0.15, 0.2) is 0 Å². The van der Waals surface area contributed by atoms with E-state index < -0.39 is 0 Å². The van der Waals surface area contributed by atoms with Gasteiger partial charge in [-0.15, -0.1) is 0 Å². The van der Waals surface area contributed by atoms with Crippen LogP contribution in [-0.4, -0.2) is 17.6 Å². The summed E-state index contributed by atoms with van der Waals surface area (Å²) < 4.78 is 0. The summed E-state index contributed by atoms with van der Waals surface area (Å²) in [7, 11) is 0. The highest BCUT2D eigenvalue weighted by Gasteiger charge is 2.13. The predicted octanol–water partition coefficient (Wildman–Crippen LogP) is 2.71. The maximum atomic E-state index is 12.0. The first-order chi connectivity index (χ1) is 9.08. The number of anilines is 1. The first kappa shape index (κ1) is 15.3. The zero-order chi connectivity index (χ0) is 14.3. The summed E-state index contributed by atoms with van der Waals surface area (Å²) in [6, 6.07) is 5.70. The van der Waals surface area contributed by atoms with Crippen LogP contribution in [-0.2, 0) is 4.79 Å². The topological polar surface area (TPSA) is 49.3 Å². The number of carbonyl (C=O) groups is 1. The largest absolute Gasteiger partial charge is 0.384 e. The molecule has 0 spiro atoms. The highest BCUT2D eigenvalue weighted by Crippen LogP contribution is 2.18. The molecule has 0 heterocycles. The zero-order valence-corrected chi connectivity index (χ0v) is 11.8. The normalized spacial score (nSPS) is 11.4. The minimum absolute atomic E-state index is 0.0100. The molecular formula is C16H21NO2. The first-order valence-corrected chi connectivity index (χ1v) is 6.59. The molecule has 3 heteroatoms. The van der Waals surface area contributed by atoms with E-state index in [1.165, 1.54) is 0 Å². The summed E-state index contributed by atoms with van der Waals surface area (Å²) in [6.45, 7) is 5.77. The average molecular weight is 259 g/mol. The van der Waals surface area contributed by atoms with E-state index in [0.717, 1.165) is 24.0 Å². The molecule has 1 aromatic rings. The smallest absolute Gasteiger partial charge is 0.227 e. The van der Waals surface area contributed by atoms with Crippen molar-refractivity contribution in [3.05, 3.63) is 29.3 Å². The standard InChI is InChI=1S/C16H21NO2/c1-4-6-13(3)16(19)17-15-11-12(2)8-9-14(15)7-5-10-18/h8-9,11,13,18H,4,6,10H2,1-3H3,(H,17,19). The molecule has 1 atom stereocenters. The van der Waals surface area contributed by atoms with Crippen molar-refractivity contribution < 1.29 is 9.90 Å². The van der Waals surface area contributed by atoms with Gasteiger partial charge < -0.3 is 10.4 Å². The van der Waals surface area contributed by atoms with Crippen LogP contribution in [0.4, 0.5) is 5.69 Å². The fourth-order valence-corrected chi connectivity index (χ4v) is 1.83. The number of amides is 1. The van der Waals surface area contributed by atoms with Crippen molar-refractivity contribution in [2.75, 3.05) is 11.9 Å². The molecular weight excluding hydrogens is 238 g/mol. The molecule has 1 unspecified atom stereocenters. The van der Waals surface area contributed by atoms with Gasteiger partial charge in [-0.05, 0) is 31.0 Å². The van der Waals surface area contributed by atoms with Gasteiger partial charge >= 0.3 is 0 Å². The van der Waals surface area contributed by atoms with E-state index in [0.29, 0.717) is 5.69 Å². The third-order valence-electron chi connectivity index (χ3n) is 2.90. The summed E-state index contributed by atoms with van der Waals surface area (Å²) in [4.78, 5) is 12.0. The first-order valence-electron chi connectivity index (χ1n) is 6.59. The highest BCUT2D eigenvalue weighted by molar-refractivity contribution is 5.93. The molecule has 1 rings (SSSR count). The summed E-state index contributed by atoms with van der Waals surface area (Å²) in [5.74, 6) is 5.46. The van der Waals surface area contributed by atoms with Crippen LogP contribution >= 0.6 is 0 Å². The number of benzene rings is 1. The van der Waals surface area contributed by atoms with Crippen LogP contribution in [0.25, 0.3) is 0 Å². The van der Waals surface area contributed by atoms with Gasteiger partial charge in [0.25, 0.3) is 0 Å². The van der Waals surface area contributed by atoms with Gasteiger partial charge in [0.1, 0.15) is 6.61 Å². The Balaban J connectivity index is 2.92. The van der Waals surface area contributed by atoms with Crippen LogP contribution in [0.5, 0.6) is 0 Å². The molecule has 3 nitrogen and oxygen atoms in total. The van der Waals surface area contributed by atoms with Crippen LogP contribution in [0.2, 0.25) is 0 Å². The molecule has 0 bridgehead atoms. The molecule has 0 aromatic heterocycles. The van der Waals surface area contributed by atoms with Crippen molar-refractivity contribution in [3.63, 3.8) is 0 Å². The van der Waals surface area contributed by atoms with E-state index in [9.17, 15) is 4.79 Å². The van der Waals surface area contributed by atoms with Crippen molar-refractivity contribution in [1.82, 2.24) is 0 Å². The van der Waals surface area contributed by atoms with E-state index >= 15 is 0 Å². The minimum Gasteiger partial charge on any atom is -0.384 e. The van der Waals surface area contributed by atoms with Crippen molar-refractivity contribution in [1.29, 1.82) is 0 Å². The number of rotatable bonds is 4. The van der Waals surface area contributed by atoms with E-state index in [4.69, 9.17) is 5.11 Å². The van der Waals surface area contributed by atoms with E-state index in [-0.39, 0.29) is 18.4 Å². The molecule has 1 aromatic carbocycles. The fourth-order valence-electron chi connectivity index (χ4n) is 1.83. The van der Waals surface area contributed by atoms with Gasteiger partial charge in [0, 0.05) is 11.5 Å². The van der Waals surface area contributed by atoms with Crippen LogP contribution in [0, 0.1) is 24.7 Å². The Morgan fingerprint density at radius 1 is 1.47 bits per heavy atom. The van der Waals surface area contributed by atoms with E-state index in [1.54, 1.807) is 0 Å². The second-order valence-electron chi connectivity index (χ2n) is 4.69. The van der Waals surface area contributed by atoms with E-state index in [1.807, 2.05) is 32.0 Å². The lowest BCUT2D eigenvalue weighted by atomic mass is 10.0. The summed E-state index contributed by atoms with van der Waals surface area (Å²) in [6.07, 6.45) is 1.86. The Labute approximate surface area is 115 Å². The van der Waals surface area contributed by atoms with Crippen molar-refractivity contribution in [2.45, 2.75) is 33.6 Å². The number of aliphatic hydroxyl groups is 1. The Morgan fingerprint density at radius 2 is 2.21 bits per heavy atom. The summed E-state index contributed by atoms with van der Waals surface area (Å²) >= 11 is 0. The Bertz CT molecular complexity index is 497. The third-order valence-corrected chi connectivity index (χ3v) is 2.90. The number of aryl methyl sites for hydroxylation is 1.